The number of H-pyrrole nitrogens is 1. The number of nitrogens with zero attached hydrogens (tertiary/aromatic N) is 2. The SMILES string of the molecule is CS(=O)(=O)c1ccc(CN2CCc3c([nH]n(-c4cccc(N)c4)c3=O)C2)cc1. The van der Waals surface area contributed by atoms with Gasteiger partial charge in [0.2, 0.25) is 0 Å². The minimum atomic E-state index is -3.19. The summed E-state index contributed by atoms with van der Waals surface area (Å²) in [6, 6.07) is 14.2. The van der Waals surface area contributed by atoms with Crippen molar-refractivity contribution in [3.05, 3.63) is 75.7 Å². The molecule has 8 heteroatoms. The average molecular weight is 398 g/mol. The number of sulfone groups is 1. The number of aromatic amines is 1. The van der Waals surface area contributed by atoms with Crippen molar-refractivity contribution in [1.29, 1.82) is 0 Å². The molecular weight excluding hydrogens is 376 g/mol. The van der Waals surface area contributed by atoms with Crippen LogP contribution in [0.3, 0.4) is 0 Å². The zero-order valence-electron chi connectivity index (χ0n) is 15.6. The van der Waals surface area contributed by atoms with Gasteiger partial charge >= 0.3 is 0 Å². The van der Waals surface area contributed by atoms with Crippen LogP contribution in [0.25, 0.3) is 5.69 Å². The Morgan fingerprint density at radius 1 is 1.14 bits per heavy atom. The minimum Gasteiger partial charge on any atom is -0.399 e. The minimum absolute atomic E-state index is 0.0299. The fourth-order valence-corrected chi connectivity index (χ4v) is 4.19. The lowest BCUT2D eigenvalue weighted by molar-refractivity contribution is 0.242. The Balaban J connectivity index is 1.54. The van der Waals surface area contributed by atoms with Crippen LogP contribution >= 0.6 is 0 Å². The van der Waals surface area contributed by atoms with E-state index in [-0.39, 0.29) is 5.56 Å². The highest BCUT2D eigenvalue weighted by Crippen LogP contribution is 2.19. The molecule has 28 heavy (non-hydrogen) atoms. The van der Waals surface area contributed by atoms with E-state index >= 15 is 0 Å². The normalized spacial score (nSPS) is 14.8. The van der Waals surface area contributed by atoms with Gasteiger partial charge in [-0.05, 0) is 42.3 Å². The summed E-state index contributed by atoms with van der Waals surface area (Å²) < 4.78 is 24.7. The molecule has 0 saturated carbocycles. The Bertz CT molecular complexity index is 1180. The quantitative estimate of drug-likeness (QED) is 0.652. The van der Waals surface area contributed by atoms with Gasteiger partial charge in [-0.1, -0.05) is 18.2 Å². The van der Waals surface area contributed by atoms with Crippen LogP contribution in [0.15, 0.2) is 58.2 Å². The molecule has 0 saturated heterocycles. The first-order valence-electron chi connectivity index (χ1n) is 9.01. The summed E-state index contributed by atoms with van der Waals surface area (Å²) in [7, 11) is -3.19. The summed E-state index contributed by atoms with van der Waals surface area (Å²) in [5.74, 6) is 0. The third-order valence-electron chi connectivity index (χ3n) is 5.02. The van der Waals surface area contributed by atoms with Crippen molar-refractivity contribution >= 4 is 15.5 Å². The van der Waals surface area contributed by atoms with Crippen LogP contribution in [0.5, 0.6) is 0 Å². The molecule has 0 atom stereocenters. The first-order valence-corrected chi connectivity index (χ1v) is 10.9. The summed E-state index contributed by atoms with van der Waals surface area (Å²) >= 11 is 0. The van der Waals surface area contributed by atoms with Crippen LogP contribution in [-0.2, 0) is 29.3 Å². The number of aromatic nitrogens is 2. The molecule has 0 radical (unpaired) electrons. The number of hydrogen-bond acceptors (Lipinski definition) is 5. The number of rotatable bonds is 4. The molecule has 1 aliphatic heterocycles. The predicted molar refractivity (Wildman–Crippen MR) is 108 cm³/mol. The third-order valence-corrected chi connectivity index (χ3v) is 6.15. The van der Waals surface area contributed by atoms with E-state index in [0.717, 1.165) is 29.1 Å². The lowest BCUT2D eigenvalue weighted by Gasteiger charge is -2.26. The second-order valence-corrected chi connectivity index (χ2v) is 9.20. The number of hydrogen-bond donors (Lipinski definition) is 2. The summed E-state index contributed by atoms with van der Waals surface area (Å²) in [4.78, 5) is 15.3. The van der Waals surface area contributed by atoms with Gasteiger partial charge in [-0.3, -0.25) is 14.8 Å². The number of fused-ring (bicyclic) bond motifs is 1. The maximum Gasteiger partial charge on any atom is 0.274 e. The van der Waals surface area contributed by atoms with E-state index in [1.54, 1.807) is 28.9 Å². The van der Waals surface area contributed by atoms with Gasteiger partial charge in [0.05, 0.1) is 16.3 Å². The molecule has 7 nitrogen and oxygen atoms in total. The maximum absolute atomic E-state index is 12.7. The number of benzene rings is 2. The van der Waals surface area contributed by atoms with Crippen LogP contribution in [0, 0.1) is 0 Å². The Labute approximate surface area is 163 Å². The van der Waals surface area contributed by atoms with Crippen molar-refractivity contribution in [2.75, 3.05) is 18.5 Å². The van der Waals surface area contributed by atoms with Gasteiger partial charge in [-0.25, -0.2) is 13.1 Å². The molecule has 0 amide bonds. The standard InChI is InChI=1S/C20H22N4O3S/c1-28(26,27)17-7-5-14(6-8-17)12-23-10-9-18-19(13-23)22-24(20(18)25)16-4-2-3-15(21)11-16/h2-8,11,22H,9-10,12-13,21H2,1H3. The third kappa shape index (κ3) is 3.61. The molecule has 3 aromatic rings. The number of nitrogens with one attached hydrogen (secondary N) is 1. The molecule has 2 heterocycles. The van der Waals surface area contributed by atoms with E-state index in [1.807, 2.05) is 24.3 Å². The molecular formula is C20H22N4O3S. The van der Waals surface area contributed by atoms with Gasteiger partial charge in [0.1, 0.15) is 0 Å². The van der Waals surface area contributed by atoms with E-state index in [2.05, 4.69) is 10.00 Å². The van der Waals surface area contributed by atoms with Crippen molar-refractivity contribution in [1.82, 2.24) is 14.7 Å². The molecule has 1 aromatic heterocycles. The Morgan fingerprint density at radius 3 is 2.57 bits per heavy atom. The number of anilines is 1. The van der Waals surface area contributed by atoms with Gasteiger partial charge in [0.15, 0.2) is 9.84 Å². The van der Waals surface area contributed by atoms with Crippen LogP contribution in [0.4, 0.5) is 5.69 Å². The molecule has 2 aromatic carbocycles. The van der Waals surface area contributed by atoms with Crippen LogP contribution in [-0.4, -0.2) is 35.9 Å². The molecule has 146 valence electrons. The molecule has 3 N–H and O–H groups in total. The van der Waals surface area contributed by atoms with Gasteiger partial charge < -0.3 is 5.73 Å². The largest absolute Gasteiger partial charge is 0.399 e. The topological polar surface area (TPSA) is 101 Å². The van der Waals surface area contributed by atoms with Crippen LogP contribution in [0.1, 0.15) is 16.8 Å². The number of nitrogens with two attached hydrogens (primary N) is 1. The van der Waals surface area contributed by atoms with Gasteiger partial charge in [0, 0.05) is 37.1 Å². The van der Waals surface area contributed by atoms with E-state index in [4.69, 9.17) is 5.73 Å². The highest BCUT2D eigenvalue weighted by atomic mass is 32.2. The first kappa shape index (κ1) is 18.5. The lowest BCUT2D eigenvalue weighted by Crippen LogP contribution is -2.31. The Hall–Kier alpha value is -2.84. The van der Waals surface area contributed by atoms with Crippen LogP contribution < -0.4 is 11.3 Å². The van der Waals surface area contributed by atoms with Gasteiger partial charge in [-0.15, -0.1) is 0 Å². The average Bonchev–Trinajstić information content (AvgIpc) is 2.98. The lowest BCUT2D eigenvalue weighted by atomic mass is 10.1. The fraction of sp³-hybridized carbons (Fsp3) is 0.250. The molecule has 4 rings (SSSR count). The maximum atomic E-state index is 12.7. The molecule has 0 fully saturated rings. The zero-order valence-corrected chi connectivity index (χ0v) is 16.4. The van der Waals surface area contributed by atoms with Crippen molar-refractivity contribution in [2.24, 2.45) is 0 Å². The fourth-order valence-electron chi connectivity index (χ4n) is 3.56. The van der Waals surface area contributed by atoms with E-state index in [9.17, 15) is 13.2 Å². The summed E-state index contributed by atoms with van der Waals surface area (Å²) in [6.07, 6.45) is 1.87. The molecule has 1 aliphatic rings. The van der Waals surface area contributed by atoms with Crippen molar-refractivity contribution in [3.63, 3.8) is 0 Å². The Kier molecular flexibility index (Phi) is 4.60. The van der Waals surface area contributed by atoms with E-state index < -0.39 is 9.84 Å². The second-order valence-electron chi connectivity index (χ2n) is 7.18. The summed E-state index contributed by atoms with van der Waals surface area (Å²) in [6.45, 7) is 2.09. The van der Waals surface area contributed by atoms with Crippen molar-refractivity contribution in [3.8, 4) is 5.69 Å². The summed E-state index contributed by atoms with van der Waals surface area (Å²) in [5.41, 5.74) is 9.90. The van der Waals surface area contributed by atoms with Gasteiger partial charge in [-0.2, -0.15) is 0 Å². The van der Waals surface area contributed by atoms with E-state index in [0.29, 0.717) is 30.1 Å². The second kappa shape index (κ2) is 6.96. The molecule has 0 spiro atoms. The number of nitrogen functional groups attached to an aromatic ring is 1. The predicted octanol–water partition coefficient (Wildman–Crippen LogP) is 1.71. The Morgan fingerprint density at radius 2 is 1.89 bits per heavy atom. The summed E-state index contributed by atoms with van der Waals surface area (Å²) in [5, 5.41) is 3.22. The molecule has 0 bridgehead atoms. The molecule has 0 aliphatic carbocycles. The smallest absolute Gasteiger partial charge is 0.274 e. The van der Waals surface area contributed by atoms with Crippen molar-refractivity contribution < 1.29 is 8.42 Å². The monoisotopic (exact) mass is 398 g/mol. The highest BCUT2D eigenvalue weighted by Gasteiger charge is 2.23. The van der Waals surface area contributed by atoms with E-state index in [1.165, 1.54) is 6.26 Å². The first-order chi connectivity index (χ1) is 13.3. The molecule has 0 unspecified atom stereocenters. The highest BCUT2D eigenvalue weighted by molar-refractivity contribution is 7.90. The van der Waals surface area contributed by atoms with Gasteiger partial charge in [0.25, 0.3) is 5.56 Å². The van der Waals surface area contributed by atoms with Crippen molar-refractivity contribution in [2.45, 2.75) is 24.4 Å². The van der Waals surface area contributed by atoms with Crippen LogP contribution in [0.2, 0.25) is 0 Å². The zero-order chi connectivity index (χ0) is 19.9.